The number of aromatic nitrogens is 4. The third-order valence-electron chi connectivity index (χ3n) is 14.4. The van der Waals surface area contributed by atoms with Crippen LogP contribution in [0.3, 0.4) is 0 Å². The lowest BCUT2D eigenvalue weighted by Crippen LogP contribution is -3.12. The predicted octanol–water partition coefficient (Wildman–Crippen LogP) is 8.30. The highest BCUT2D eigenvalue weighted by Gasteiger charge is 2.38. The average molecular weight is 1080 g/mol. The number of ether oxygens (including phenoxy) is 7. The second kappa shape index (κ2) is 22.9. The zero-order chi connectivity index (χ0) is 51.5. The number of benzene rings is 3. The molecule has 3 aromatic carbocycles. The van der Waals surface area contributed by atoms with E-state index < -0.39 is 29.7 Å². The number of nitrogens with zero attached hydrogens (tertiary/aromatic N) is 5. The van der Waals surface area contributed by atoms with Crippen LogP contribution in [0.25, 0.3) is 31.8 Å². The number of nitrogens with one attached hydrogen (secondary N) is 1. The highest BCUT2D eigenvalue weighted by Crippen LogP contribution is 2.53. The van der Waals surface area contributed by atoms with Gasteiger partial charge in [0.15, 0.2) is 5.75 Å². The van der Waals surface area contributed by atoms with Crippen LogP contribution in [0.4, 0.5) is 8.78 Å². The van der Waals surface area contributed by atoms with Crippen molar-refractivity contribution < 1.29 is 56.7 Å². The van der Waals surface area contributed by atoms with Gasteiger partial charge in [0.1, 0.15) is 65.4 Å². The second-order valence-corrected chi connectivity index (χ2v) is 21.4. The third kappa shape index (κ3) is 11.7. The predicted molar refractivity (Wildman–Crippen MR) is 276 cm³/mol. The SMILES string of the molecule is Cc1c(Cl)c2c(Cl)c(C)c1-c1c(-c3ccc(F)cc3)sc3ncnc(c13)O[C@@H](C(=O)O)Cc1cc(ccc1OCc1ccnc(C3CCC(F)(COC[C@@H]4COCCO4)CC3)n1)OC[C@@H](CN1CC[NH+](C)CC1)O2. The first-order valence-electron chi connectivity index (χ1n) is 25.1. The molecule has 1 saturated carbocycles. The molecular formula is C54H59Cl2F2N6O9S+. The Labute approximate surface area is 442 Å². The van der Waals surface area contributed by atoms with Crippen LogP contribution in [-0.2, 0) is 32.0 Å². The Bertz CT molecular complexity index is 2940. The fourth-order valence-electron chi connectivity index (χ4n) is 10.2. The Morgan fingerprint density at radius 3 is 2.46 bits per heavy atom. The summed E-state index contributed by atoms with van der Waals surface area (Å²) in [5.74, 6) is 0.0507. The van der Waals surface area contributed by atoms with E-state index in [9.17, 15) is 14.3 Å². The molecule has 74 heavy (non-hydrogen) atoms. The van der Waals surface area contributed by atoms with Crippen molar-refractivity contribution in [3.63, 3.8) is 0 Å². The number of carboxylic acid groups (broad SMARTS) is 1. The maximum absolute atomic E-state index is 15.9. The summed E-state index contributed by atoms with van der Waals surface area (Å²) >= 11 is 16.0. The number of thiophene rings is 1. The lowest BCUT2D eigenvalue weighted by molar-refractivity contribution is -0.884. The minimum atomic E-state index is -1.49. The topological polar surface area (TPSA) is 161 Å². The van der Waals surface area contributed by atoms with Crippen molar-refractivity contribution in [1.29, 1.82) is 0 Å². The molecule has 0 unspecified atom stereocenters. The van der Waals surface area contributed by atoms with Gasteiger partial charge in [-0.2, -0.15) is 0 Å². The molecule has 5 aliphatic rings. The average Bonchev–Trinajstić information content (AvgIpc) is 3.79. The van der Waals surface area contributed by atoms with Crippen LogP contribution in [0, 0.1) is 19.7 Å². The second-order valence-electron chi connectivity index (χ2n) is 19.7. The summed E-state index contributed by atoms with van der Waals surface area (Å²) in [6, 6.07) is 13.1. The van der Waals surface area contributed by atoms with Crippen molar-refractivity contribution in [2.75, 3.05) is 79.4 Å². The monoisotopic (exact) mass is 1080 g/mol. The van der Waals surface area contributed by atoms with Crippen LogP contribution in [0.5, 0.6) is 23.1 Å². The number of halogens is 4. The molecule has 0 radical (unpaired) electrons. The molecule has 2 N–H and O–H groups in total. The molecule has 392 valence electrons. The molecule has 0 amide bonds. The Hall–Kier alpha value is -5.31. The van der Waals surface area contributed by atoms with E-state index in [0.717, 1.165) is 26.2 Å². The number of carboxylic acids is 1. The summed E-state index contributed by atoms with van der Waals surface area (Å²) in [4.78, 5) is 37.0. The molecule has 15 nitrogen and oxygen atoms in total. The van der Waals surface area contributed by atoms with Crippen molar-refractivity contribution in [2.45, 2.75) is 82.5 Å². The normalized spacial score (nSPS) is 22.9. The van der Waals surface area contributed by atoms with Crippen molar-refractivity contribution >= 4 is 50.7 Å². The number of rotatable bonds is 12. The number of hydrogen-bond acceptors (Lipinski definition) is 14. The van der Waals surface area contributed by atoms with Crippen molar-refractivity contribution in [3.8, 4) is 44.7 Å². The molecular weight excluding hydrogens is 1020 g/mol. The fraction of sp³-hybridized carbons (Fsp3) is 0.463. The molecule has 4 aliphatic heterocycles. The largest absolute Gasteiger partial charge is 0.490 e. The Kier molecular flexibility index (Phi) is 16.1. The van der Waals surface area contributed by atoms with E-state index in [0.29, 0.717) is 129 Å². The summed E-state index contributed by atoms with van der Waals surface area (Å²) in [7, 11) is 2.18. The molecule has 4 bridgehead atoms. The van der Waals surface area contributed by atoms with Gasteiger partial charge in [-0.05, 0) is 98.2 Å². The molecule has 6 aromatic rings. The maximum atomic E-state index is 15.9. The third-order valence-corrected chi connectivity index (χ3v) is 16.4. The van der Waals surface area contributed by atoms with Gasteiger partial charge in [-0.25, -0.2) is 33.5 Å². The first-order valence-corrected chi connectivity index (χ1v) is 26.6. The number of quaternary nitrogens is 1. The van der Waals surface area contributed by atoms with Gasteiger partial charge in [-0.15, -0.1) is 11.3 Å². The molecule has 7 heterocycles. The molecule has 3 aromatic heterocycles. The first-order chi connectivity index (χ1) is 35.8. The van der Waals surface area contributed by atoms with Gasteiger partial charge in [0.05, 0.1) is 74.3 Å². The van der Waals surface area contributed by atoms with E-state index >= 15 is 4.39 Å². The number of piperazine rings is 1. The Balaban J connectivity index is 0.969. The first kappa shape index (κ1) is 52.1. The summed E-state index contributed by atoms with van der Waals surface area (Å²) in [6.07, 6.45) is 2.36. The van der Waals surface area contributed by atoms with Gasteiger partial charge >= 0.3 is 5.97 Å². The van der Waals surface area contributed by atoms with E-state index in [4.69, 9.17) is 61.3 Å². The van der Waals surface area contributed by atoms with Crippen LogP contribution in [0.1, 0.15) is 59.8 Å². The number of fused-ring (bicyclic) bond motifs is 7. The quantitative estimate of drug-likeness (QED) is 0.120. The molecule has 11 rings (SSSR count). The van der Waals surface area contributed by atoms with Crippen molar-refractivity contribution in [1.82, 2.24) is 24.8 Å². The highest BCUT2D eigenvalue weighted by molar-refractivity contribution is 7.22. The van der Waals surface area contributed by atoms with Crippen LogP contribution in [0.2, 0.25) is 10.0 Å². The van der Waals surface area contributed by atoms with Crippen LogP contribution in [-0.4, -0.2) is 139 Å². The molecule has 3 atom stereocenters. The molecule has 3 fully saturated rings. The number of carbonyl (C=O) groups is 1. The van der Waals surface area contributed by atoms with E-state index in [1.54, 1.807) is 42.6 Å². The van der Waals surface area contributed by atoms with E-state index in [1.165, 1.54) is 34.7 Å². The molecule has 0 spiro atoms. The number of alkyl halides is 1. The smallest absolute Gasteiger partial charge is 0.345 e. The Morgan fingerprint density at radius 1 is 0.959 bits per heavy atom. The van der Waals surface area contributed by atoms with Crippen LogP contribution in [0.15, 0.2) is 61.1 Å². The number of likely N-dealkylation sites (N-methyl/N-ethyl adjacent to an activating group) is 1. The number of hydrogen-bond donors (Lipinski definition) is 2. The highest BCUT2D eigenvalue weighted by atomic mass is 35.5. The van der Waals surface area contributed by atoms with Gasteiger partial charge in [0.25, 0.3) is 0 Å². The maximum Gasteiger partial charge on any atom is 0.345 e. The van der Waals surface area contributed by atoms with Crippen LogP contribution < -0.4 is 23.8 Å². The molecule has 20 heteroatoms. The van der Waals surface area contributed by atoms with E-state index in [1.807, 2.05) is 13.8 Å². The summed E-state index contributed by atoms with van der Waals surface area (Å²) < 4.78 is 73.5. The minimum absolute atomic E-state index is 0.00599. The molecule has 1 aliphatic carbocycles. The van der Waals surface area contributed by atoms with Gasteiger partial charge in [0.2, 0.25) is 12.0 Å². The Morgan fingerprint density at radius 2 is 1.73 bits per heavy atom. The summed E-state index contributed by atoms with van der Waals surface area (Å²) in [6.45, 7) is 9.84. The zero-order valence-electron chi connectivity index (χ0n) is 41.5. The summed E-state index contributed by atoms with van der Waals surface area (Å²) in [5.41, 5.74) is 2.85. The van der Waals surface area contributed by atoms with E-state index in [-0.39, 0.29) is 60.8 Å². The standard InChI is InChI=1S/C54H58Cl2F2N6O9S/c1-31-43-32(2)47(56)48(46(31)55)72-39(24-64-18-16-63(3)17-19-64)28-70-38-8-9-41(71-25-37-12-15-59-50(62-37)34-10-13-54(58,14-11-34)29-68-27-40-26-67-20-21-69-40)35(22-38)23-42(53(65)66)73-51-45-44(43)49(74-52(45)61-30-60-51)33-4-6-36(57)7-5-33/h4-9,12,15,22,30,34,39-40,42H,10-11,13-14,16-21,23-29H2,1-3H3,(H,65,66)/p+1/t34?,39-,40+,42-,54?/m1/s1. The zero-order valence-corrected chi connectivity index (χ0v) is 43.8. The lowest BCUT2D eigenvalue weighted by atomic mass is 9.80. The summed E-state index contributed by atoms with van der Waals surface area (Å²) in [5, 5.41) is 12.0. The minimum Gasteiger partial charge on any atom is -0.490 e. The van der Waals surface area contributed by atoms with Gasteiger partial charge in [-0.3, -0.25) is 4.90 Å². The van der Waals surface area contributed by atoms with Gasteiger partial charge in [0, 0.05) is 54.2 Å². The van der Waals surface area contributed by atoms with Gasteiger partial charge in [-0.1, -0.05) is 35.3 Å². The van der Waals surface area contributed by atoms with E-state index in [2.05, 4.69) is 26.9 Å². The van der Waals surface area contributed by atoms with Crippen LogP contribution >= 0.6 is 34.5 Å². The lowest BCUT2D eigenvalue weighted by Gasteiger charge is -2.33. The van der Waals surface area contributed by atoms with Crippen molar-refractivity contribution in [3.05, 3.63) is 105 Å². The number of aliphatic carboxylic acids is 1. The van der Waals surface area contributed by atoms with Crippen molar-refractivity contribution in [2.24, 2.45) is 0 Å². The molecule has 2 saturated heterocycles. The van der Waals surface area contributed by atoms with Gasteiger partial charge < -0.3 is 43.2 Å². The fourth-order valence-corrected chi connectivity index (χ4v) is 11.8.